The molecule has 1 saturated heterocycles. The van der Waals surface area contributed by atoms with Crippen LogP contribution in [0.4, 0.5) is 0 Å². The lowest BCUT2D eigenvalue weighted by atomic mass is 9.98. The van der Waals surface area contributed by atoms with Crippen LogP contribution >= 0.6 is 0 Å². The van der Waals surface area contributed by atoms with E-state index in [0.717, 1.165) is 27.9 Å². The number of esters is 4. The van der Waals surface area contributed by atoms with Crippen LogP contribution in [0.3, 0.4) is 0 Å². The fourth-order valence-corrected chi connectivity index (χ4v) is 2.10. The molecule has 0 spiro atoms. The largest absolute Gasteiger partial charge is 0.467 e. The Balaban J connectivity index is 3.21. The van der Waals surface area contributed by atoms with Gasteiger partial charge < -0.3 is 28.8 Å². The molecule has 0 aliphatic carbocycles. The van der Waals surface area contributed by atoms with Gasteiger partial charge in [0.1, 0.15) is 0 Å². The summed E-state index contributed by atoms with van der Waals surface area (Å²) < 4.78 is 24.3. The van der Waals surface area contributed by atoms with Gasteiger partial charge in [-0.25, -0.2) is 4.79 Å². The number of rotatable bonds is 4. The number of hydrogen-bond acceptors (Lipinski definition) is 10. The van der Waals surface area contributed by atoms with Crippen molar-refractivity contribution in [2.24, 2.45) is 0 Å². The van der Waals surface area contributed by atoms with Crippen molar-refractivity contribution >= 4 is 23.9 Å². The van der Waals surface area contributed by atoms with E-state index in [9.17, 15) is 24.3 Å². The van der Waals surface area contributed by atoms with Gasteiger partial charge in [0.25, 0.3) is 0 Å². The van der Waals surface area contributed by atoms with Crippen LogP contribution in [0.15, 0.2) is 0 Å². The molecule has 3 unspecified atom stereocenters. The summed E-state index contributed by atoms with van der Waals surface area (Å²) in [5.41, 5.74) is 0. The molecule has 0 amide bonds. The van der Waals surface area contributed by atoms with E-state index in [0.29, 0.717) is 0 Å². The molecule has 0 saturated carbocycles. The molecule has 1 aliphatic rings. The molecular formula is C13H18O10. The summed E-state index contributed by atoms with van der Waals surface area (Å²) in [5, 5.41) is 9.93. The quantitative estimate of drug-likeness (QED) is 0.486. The summed E-state index contributed by atoms with van der Waals surface area (Å²) in [5.74, 6) is -3.37. The fraction of sp³-hybridized carbons (Fsp3) is 0.692. The Bertz CT molecular complexity index is 487. The predicted octanol–water partition coefficient (Wildman–Crippen LogP) is -1.33. The van der Waals surface area contributed by atoms with Gasteiger partial charge >= 0.3 is 23.9 Å². The third-order valence-electron chi connectivity index (χ3n) is 2.85. The summed E-state index contributed by atoms with van der Waals surface area (Å²) in [6.07, 6.45) is -7.75. The second kappa shape index (κ2) is 7.88. The average molecular weight is 334 g/mol. The molecule has 0 radical (unpaired) electrons. The highest BCUT2D eigenvalue weighted by Gasteiger charge is 2.54. The molecule has 1 N–H and O–H groups in total. The number of aliphatic hydroxyl groups excluding tert-OH is 1. The number of carbonyl (C=O) groups is 4. The molecule has 0 bridgehead atoms. The first-order valence-electron chi connectivity index (χ1n) is 6.60. The van der Waals surface area contributed by atoms with Gasteiger partial charge in [-0.1, -0.05) is 0 Å². The highest BCUT2D eigenvalue weighted by Crippen LogP contribution is 2.28. The lowest BCUT2D eigenvalue weighted by Crippen LogP contribution is -2.63. The van der Waals surface area contributed by atoms with Crippen LogP contribution in [0.5, 0.6) is 0 Å². The van der Waals surface area contributed by atoms with Gasteiger partial charge in [0.15, 0.2) is 30.7 Å². The molecule has 10 nitrogen and oxygen atoms in total. The lowest BCUT2D eigenvalue weighted by molar-refractivity contribution is -0.289. The zero-order valence-electron chi connectivity index (χ0n) is 13.0. The number of carbonyl (C=O) groups excluding carboxylic acids is 4. The zero-order valence-corrected chi connectivity index (χ0v) is 13.0. The SMILES string of the molecule is COC(=O)C1O[C@@H](O)C(OC(C)=O)C(OC(C)=O)[C@H]1OC(C)=O. The number of hydrogen-bond donors (Lipinski definition) is 1. The van der Waals surface area contributed by atoms with Crippen LogP contribution in [0.1, 0.15) is 20.8 Å². The second-order valence-electron chi connectivity index (χ2n) is 4.69. The molecule has 0 aromatic rings. The Morgan fingerprint density at radius 3 is 1.70 bits per heavy atom. The van der Waals surface area contributed by atoms with Gasteiger partial charge in [-0.2, -0.15) is 0 Å². The predicted molar refractivity (Wildman–Crippen MR) is 69.6 cm³/mol. The van der Waals surface area contributed by atoms with Gasteiger partial charge in [0.05, 0.1) is 7.11 Å². The second-order valence-corrected chi connectivity index (χ2v) is 4.69. The fourth-order valence-electron chi connectivity index (χ4n) is 2.10. The minimum absolute atomic E-state index is 0.798. The third-order valence-corrected chi connectivity index (χ3v) is 2.85. The van der Waals surface area contributed by atoms with Crippen molar-refractivity contribution in [1.29, 1.82) is 0 Å². The van der Waals surface area contributed by atoms with Gasteiger partial charge in [0, 0.05) is 20.8 Å². The van der Waals surface area contributed by atoms with Crippen LogP contribution < -0.4 is 0 Å². The maximum atomic E-state index is 11.8. The van der Waals surface area contributed by atoms with Crippen molar-refractivity contribution in [1.82, 2.24) is 0 Å². The van der Waals surface area contributed by atoms with Crippen LogP contribution in [0.25, 0.3) is 0 Å². The van der Waals surface area contributed by atoms with Gasteiger partial charge in [-0.05, 0) is 0 Å². The molecule has 5 atom stereocenters. The van der Waals surface area contributed by atoms with Gasteiger partial charge in [-0.15, -0.1) is 0 Å². The van der Waals surface area contributed by atoms with Gasteiger partial charge in [0.2, 0.25) is 0 Å². The Morgan fingerprint density at radius 2 is 1.26 bits per heavy atom. The van der Waals surface area contributed by atoms with E-state index in [1.807, 2.05) is 0 Å². The van der Waals surface area contributed by atoms with E-state index in [4.69, 9.17) is 18.9 Å². The van der Waals surface area contributed by atoms with E-state index in [2.05, 4.69) is 4.74 Å². The van der Waals surface area contributed by atoms with Crippen molar-refractivity contribution in [3.05, 3.63) is 0 Å². The molecule has 0 aromatic heterocycles. The lowest BCUT2D eigenvalue weighted by Gasteiger charge is -2.41. The van der Waals surface area contributed by atoms with Crippen molar-refractivity contribution < 1.29 is 48.0 Å². The Morgan fingerprint density at radius 1 is 0.826 bits per heavy atom. The topological polar surface area (TPSA) is 135 Å². The summed E-state index contributed by atoms with van der Waals surface area (Å²) >= 11 is 0. The van der Waals surface area contributed by atoms with E-state index in [-0.39, 0.29) is 0 Å². The molecule has 0 aromatic carbocycles. The first-order chi connectivity index (χ1) is 10.7. The van der Waals surface area contributed by atoms with Crippen LogP contribution in [-0.2, 0) is 42.9 Å². The van der Waals surface area contributed by atoms with E-state index in [1.165, 1.54) is 0 Å². The zero-order chi connectivity index (χ0) is 17.7. The number of methoxy groups -OCH3 is 1. The molecule has 23 heavy (non-hydrogen) atoms. The summed E-state index contributed by atoms with van der Waals surface area (Å²) in [6.45, 7) is 3.18. The molecule has 1 fully saturated rings. The number of aliphatic hydroxyl groups is 1. The van der Waals surface area contributed by atoms with Crippen molar-refractivity contribution in [3.63, 3.8) is 0 Å². The van der Waals surface area contributed by atoms with Crippen LogP contribution in [0, 0.1) is 0 Å². The van der Waals surface area contributed by atoms with Crippen LogP contribution in [-0.4, -0.2) is 66.8 Å². The number of ether oxygens (including phenoxy) is 5. The van der Waals surface area contributed by atoms with E-state index in [1.54, 1.807) is 0 Å². The third kappa shape index (κ3) is 4.89. The monoisotopic (exact) mass is 334 g/mol. The minimum Gasteiger partial charge on any atom is -0.467 e. The Hall–Kier alpha value is -2.20. The van der Waals surface area contributed by atoms with Crippen molar-refractivity contribution in [2.45, 2.75) is 51.5 Å². The minimum atomic E-state index is -1.79. The Kier molecular flexibility index (Phi) is 6.46. The van der Waals surface area contributed by atoms with Crippen LogP contribution in [0.2, 0.25) is 0 Å². The standard InChI is InChI=1S/C13H18O10/c1-5(14)20-8-9(21-6(2)15)11(22-7(3)16)13(18)23-10(8)12(17)19-4/h8-11,13,18H,1-4H3/t8-,9?,10?,11?,13-/m1/s1. The smallest absolute Gasteiger partial charge is 0.339 e. The summed E-state index contributed by atoms with van der Waals surface area (Å²) in [7, 11) is 1.06. The van der Waals surface area contributed by atoms with Gasteiger partial charge in [-0.3, -0.25) is 14.4 Å². The first-order valence-corrected chi connectivity index (χ1v) is 6.60. The Labute approximate surface area is 131 Å². The first kappa shape index (κ1) is 18.8. The van der Waals surface area contributed by atoms with E-state index >= 15 is 0 Å². The summed E-state index contributed by atoms with van der Waals surface area (Å²) in [6, 6.07) is 0. The molecule has 1 heterocycles. The van der Waals surface area contributed by atoms with Crippen molar-refractivity contribution in [2.75, 3.05) is 7.11 Å². The average Bonchev–Trinajstić information content (AvgIpc) is 2.43. The van der Waals surface area contributed by atoms with Crippen molar-refractivity contribution in [3.8, 4) is 0 Å². The van der Waals surface area contributed by atoms with E-state index < -0.39 is 54.6 Å². The highest BCUT2D eigenvalue weighted by atomic mass is 16.7. The molecular weight excluding hydrogens is 316 g/mol. The maximum absolute atomic E-state index is 11.8. The molecule has 1 rings (SSSR count). The molecule has 130 valence electrons. The molecule has 10 heteroatoms. The highest BCUT2D eigenvalue weighted by molar-refractivity contribution is 5.77. The summed E-state index contributed by atoms with van der Waals surface area (Å²) in [4.78, 5) is 45.5. The normalized spacial score (nSPS) is 30.0. The maximum Gasteiger partial charge on any atom is 0.339 e. The molecule has 1 aliphatic heterocycles.